The minimum Gasteiger partial charge on any atom is -0.495 e. The summed E-state index contributed by atoms with van der Waals surface area (Å²) < 4.78 is 32.2. The van der Waals surface area contributed by atoms with Crippen LogP contribution in [0.2, 0.25) is 0 Å². The van der Waals surface area contributed by atoms with E-state index in [0.29, 0.717) is 19.5 Å². The molecule has 0 spiro atoms. The summed E-state index contributed by atoms with van der Waals surface area (Å²) >= 11 is 0. The standard InChI is InChI=1S/C14H21N3O5S/c1-10(15)11-4-3-7-16(9-11)23(20,21)14-8-12(17(18)19)5-6-13(14)22-2/h5-6,8,10-11H,3-4,7,9,15H2,1-2H3. The van der Waals surface area contributed by atoms with Crippen LogP contribution in [0.4, 0.5) is 5.69 Å². The molecule has 0 amide bonds. The normalized spacial score (nSPS) is 20.9. The molecule has 0 radical (unpaired) electrons. The number of piperidine rings is 1. The molecule has 2 unspecified atom stereocenters. The van der Waals surface area contributed by atoms with Crippen molar-refractivity contribution in [1.82, 2.24) is 4.31 Å². The quantitative estimate of drug-likeness (QED) is 0.637. The molecule has 8 nitrogen and oxygen atoms in total. The molecule has 1 saturated heterocycles. The average Bonchev–Trinajstić information content (AvgIpc) is 2.54. The maximum atomic E-state index is 12.9. The maximum absolute atomic E-state index is 12.9. The fraction of sp³-hybridized carbons (Fsp3) is 0.571. The Balaban J connectivity index is 2.42. The number of hydrogen-bond donors (Lipinski definition) is 1. The third-order valence-corrected chi connectivity index (χ3v) is 6.03. The number of hydrogen-bond acceptors (Lipinski definition) is 6. The molecule has 23 heavy (non-hydrogen) atoms. The van der Waals surface area contributed by atoms with Crippen LogP contribution < -0.4 is 10.5 Å². The predicted octanol–water partition coefficient (Wildman–Crippen LogP) is 1.35. The van der Waals surface area contributed by atoms with Gasteiger partial charge in [0.05, 0.1) is 12.0 Å². The summed E-state index contributed by atoms with van der Waals surface area (Å²) in [6.07, 6.45) is 1.58. The van der Waals surface area contributed by atoms with Gasteiger partial charge in [0.15, 0.2) is 0 Å². The van der Waals surface area contributed by atoms with E-state index in [1.54, 1.807) is 0 Å². The van der Waals surface area contributed by atoms with E-state index < -0.39 is 14.9 Å². The van der Waals surface area contributed by atoms with E-state index in [2.05, 4.69) is 0 Å². The molecule has 128 valence electrons. The fourth-order valence-electron chi connectivity index (χ4n) is 2.74. The van der Waals surface area contributed by atoms with Gasteiger partial charge in [0.2, 0.25) is 10.0 Å². The first-order chi connectivity index (χ1) is 10.8. The molecule has 1 heterocycles. The van der Waals surface area contributed by atoms with Crippen molar-refractivity contribution in [1.29, 1.82) is 0 Å². The van der Waals surface area contributed by atoms with E-state index >= 15 is 0 Å². The van der Waals surface area contributed by atoms with Gasteiger partial charge in [-0.2, -0.15) is 4.31 Å². The second kappa shape index (κ2) is 6.81. The Kier molecular flexibility index (Phi) is 5.23. The summed E-state index contributed by atoms with van der Waals surface area (Å²) in [6.45, 7) is 2.54. The first kappa shape index (κ1) is 17.6. The Labute approximate surface area is 135 Å². The van der Waals surface area contributed by atoms with Crippen LogP contribution in [-0.2, 0) is 10.0 Å². The van der Waals surface area contributed by atoms with Crippen LogP contribution in [0.25, 0.3) is 0 Å². The van der Waals surface area contributed by atoms with Crippen LogP contribution in [0, 0.1) is 16.0 Å². The molecule has 1 aliphatic rings. The second-order valence-corrected chi connectivity index (χ2v) is 7.62. The van der Waals surface area contributed by atoms with Gasteiger partial charge in [-0.05, 0) is 31.7 Å². The molecule has 0 aliphatic carbocycles. The lowest BCUT2D eigenvalue weighted by Gasteiger charge is -2.33. The topological polar surface area (TPSA) is 116 Å². The number of nitro benzene ring substituents is 1. The Morgan fingerprint density at radius 1 is 1.48 bits per heavy atom. The van der Waals surface area contributed by atoms with Crippen LogP contribution >= 0.6 is 0 Å². The summed E-state index contributed by atoms with van der Waals surface area (Å²) in [5.41, 5.74) is 5.61. The average molecular weight is 343 g/mol. The number of nitro groups is 1. The molecule has 2 rings (SSSR count). The van der Waals surface area contributed by atoms with E-state index in [1.165, 1.54) is 23.5 Å². The SMILES string of the molecule is COc1ccc([N+](=O)[O-])cc1S(=O)(=O)N1CCCC(C(C)N)C1. The van der Waals surface area contributed by atoms with E-state index in [9.17, 15) is 18.5 Å². The van der Waals surface area contributed by atoms with E-state index in [0.717, 1.165) is 12.5 Å². The zero-order valence-corrected chi connectivity index (χ0v) is 14.0. The minimum atomic E-state index is -3.88. The molecule has 1 aromatic carbocycles. The van der Waals surface area contributed by atoms with Gasteiger partial charge in [0, 0.05) is 31.3 Å². The van der Waals surface area contributed by atoms with Gasteiger partial charge < -0.3 is 10.5 Å². The Hall–Kier alpha value is -1.71. The largest absolute Gasteiger partial charge is 0.495 e. The highest BCUT2D eigenvalue weighted by atomic mass is 32.2. The van der Waals surface area contributed by atoms with Crippen LogP contribution in [-0.4, -0.2) is 43.9 Å². The molecule has 2 atom stereocenters. The van der Waals surface area contributed by atoms with Crippen LogP contribution in [0.3, 0.4) is 0 Å². The van der Waals surface area contributed by atoms with Crippen molar-refractivity contribution in [2.45, 2.75) is 30.7 Å². The summed E-state index contributed by atoms with van der Waals surface area (Å²) in [5.74, 6) is 0.168. The molecule has 9 heteroatoms. The lowest BCUT2D eigenvalue weighted by atomic mass is 9.93. The lowest BCUT2D eigenvalue weighted by molar-refractivity contribution is -0.385. The summed E-state index contributed by atoms with van der Waals surface area (Å²) in [4.78, 5) is 10.1. The first-order valence-corrected chi connectivity index (χ1v) is 8.79. The van der Waals surface area contributed by atoms with Crippen molar-refractivity contribution < 1.29 is 18.1 Å². The van der Waals surface area contributed by atoms with E-state index in [4.69, 9.17) is 10.5 Å². The zero-order valence-electron chi connectivity index (χ0n) is 13.1. The number of rotatable bonds is 5. The summed E-state index contributed by atoms with van der Waals surface area (Å²) in [6, 6.07) is 3.46. The van der Waals surface area contributed by atoms with Gasteiger partial charge in [-0.1, -0.05) is 0 Å². The number of ether oxygens (including phenoxy) is 1. The Morgan fingerprint density at radius 3 is 2.74 bits per heavy atom. The first-order valence-electron chi connectivity index (χ1n) is 7.35. The lowest BCUT2D eigenvalue weighted by Crippen LogP contribution is -2.45. The third kappa shape index (κ3) is 3.62. The van der Waals surface area contributed by atoms with Crippen molar-refractivity contribution in [3.05, 3.63) is 28.3 Å². The highest BCUT2D eigenvalue weighted by molar-refractivity contribution is 7.89. The smallest absolute Gasteiger partial charge is 0.271 e. The van der Waals surface area contributed by atoms with Crippen molar-refractivity contribution in [3.63, 3.8) is 0 Å². The number of sulfonamides is 1. The third-order valence-electron chi connectivity index (χ3n) is 4.14. The molecular formula is C14H21N3O5S. The minimum absolute atomic E-state index is 0.0724. The molecule has 1 aromatic rings. The number of benzene rings is 1. The molecule has 2 N–H and O–H groups in total. The molecule has 0 saturated carbocycles. The molecular weight excluding hydrogens is 322 g/mol. The molecule has 0 bridgehead atoms. The van der Waals surface area contributed by atoms with Crippen LogP contribution in [0.1, 0.15) is 19.8 Å². The van der Waals surface area contributed by atoms with Gasteiger partial charge in [0.25, 0.3) is 5.69 Å². The second-order valence-electron chi connectivity index (χ2n) is 5.72. The summed E-state index contributed by atoms with van der Waals surface area (Å²) in [5, 5.41) is 10.9. The molecule has 1 aliphatic heterocycles. The van der Waals surface area contributed by atoms with Crippen LogP contribution in [0.15, 0.2) is 23.1 Å². The predicted molar refractivity (Wildman–Crippen MR) is 84.8 cm³/mol. The van der Waals surface area contributed by atoms with Gasteiger partial charge in [-0.25, -0.2) is 8.42 Å². The van der Waals surface area contributed by atoms with Gasteiger partial charge in [0.1, 0.15) is 10.6 Å². The zero-order chi connectivity index (χ0) is 17.2. The number of nitrogens with two attached hydrogens (primary N) is 1. The number of non-ortho nitro benzene ring substituents is 1. The Morgan fingerprint density at radius 2 is 2.17 bits per heavy atom. The summed E-state index contributed by atoms with van der Waals surface area (Å²) in [7, 11) is -2.54. The van der Waals surface area contributed by atoms with Gasteiger partial charge >= 0.3 is 0 Å². The highest BCUT2D eigenvalue weighted by Crippen LogP contribution is 2.32. The van der Waals surface area contributed by atoms with Crippen molar-refractivity contribution >= 4 is 15.7 Å². The van der Waals surface area contributed by atoms with Crippen LogP contribution in [0.5, 0.6) is 5.75 Å². The van der Waals surface area contributed by atoms with E-state index in [-0.39, 0.29) is 28.3 Å². The molecule has 1 fully saturated rings. The van der Waals surface area contributed by atoms with E-state index in [1.807, 2.05) is 6.92 Å². The van der Waals surface area contributed by atoms with Gasteiger partial charge in [-0.15, -0.1) is 0 Å². The Bertz CT molecular complexity index is 690. The molecule has 0 aromatic heterocycles. The fourth-order valence-corrected chi connectivity index (χ4v) is 4.45. The van der Waals surface area contributed by atoms with Crippen molar-refractivity contribution in [3.8, 4) is 5.75 Å². The highest BCUT2D eigenvalue weighted by Gasteiger charge is 2.34. The van der Waals surface area contributed by atoms with Gasteiger partial charge in [-0.3, -0.25) is 10.1 Å². The monoisotopic (exact) mass is 343 g/mol. The number of nitrogens with zero attached hydrogens (tertiary/aromatic N) is 2. The van der Waals surface area contributed by atoms with Crippen molar-refractivity contribution in [2.75, 3.05) is 20.2 Å². The maximum Gasteiger partial charge on any atom is 0.271 e. The number of methoxy groups -OCH3 is 1. The van der Waals surface area contributed by atoms with Crippen molar-refractivity contribution in [2.24, 2.45) is 11.7 Å².